The van der Waals surface area contributed by atoms with Gasteiger partial charge in [-0.1, -0.05) is 30.3 Å². The van der Waals surface area contributed by atoms with Crippen molar-refractivity contribution >= 4 is 17.5 Å². The van der Waals surface area contributed by atoms with Crippen LogP contribution in [-0.4, -0.2) is 71.0 Å². The molecule has 1 aliphatic heterocycles. The maximum absolute atomic E-state index is 12.2. The van der Waals surface area contributed by atoms with Crippen LogP contribution in [0.1, 0.15) is 39.8 Å². The molecule has 9 nitrogen and oxygen atoms in total. The second-order valence-corrected chi connectivity index (χ2v) is 8.62. The van der Waals surface area contributed by atoms with Crippen LogP contribution in [0.2, 0.25) is 0 Å². The van der Waals surface area contributed by atoms with Crippen LogP contribution in [0.5, 0.6) is 0 Å². The summed E-state index contributed by atoms with van der Waals surface area (Å²) in [6, 6.07) is 10.6. The molecule has 1 saturated heterocycles. The first-order chi connectivity index (χ1) is 16.4. The summed E-state index contributed by atoms with van der Waals surface area (Å²) >= 11 is 0. The van der Waals surface area contributed by atoms with Crippen LogP contribution in [-0.2, 0) is 11.3 Å². The van der Waals surface area contributed by atoms with Gasteiger partial charge in [0.15, 0.2) is 5.82 Å². The largest absolute Gasteiger partial charge is 0.351 e. The number of hydrogen-bond acceptors (Lipinski definition) is 8. The molecule has 0 bridgehead atoms. The summed E-state index contributed by atoms with van der Waals surface area (Å²) in [5.41, 5.74) is 4.86. The molecule has 1 unspecified atom stereocenters. The van der Waals surface area contributed by atoms with Gasteiger partial charge in [-0.2, -0.15) is 5.10 Å². The summed E-state index contributed by atoms with van der Waals surface area (Å²) in [5, 5.41) is 10.3. The first kappa shape index (κ1) is 23.6. The minimum absolute atomic E-state index is 0.191. The number of rotatable bonds is 6. The number of anilines is 2. The quantitative estimate of drug-likeness (QED) is 0.518. The number of nitrogens with zero attached hydrogens (tertiary/aromatic N) is 7. The topological polar surface area (TPSA) is 87.6 Å². The summed E-state index contributed by atoms with van der Waals surface area (Å²) in [6.07, 6.45) is 3.93. The summed E-state index contributed by atoms with van der Waals surface area (Å²) in [4.78, 5) is 30.4. The second kappa shape index (κ2) is 10.1. The van der Waals surface area contributed by atoms with E-state index in [4.69, 9.17) is 4.84 Å². The fourth-order valence-electron chi connectivity index (χ4n) is 4.21. The average molecular weight is 462 g/mol. The molecule has 0 spiro atoms. The van der Waals surface area contributed by atoms with Crippen molar-refractivity contribution in [1.29, 1.82) is 0 Å². The Morgan fingerprint density at radius 3 is 2.50 bits per heavy atom. The molecule has 1 amide bonds. The zero-order valence-electron chi connectivity index (χ0n) is 20.4. The van der Waals surface area contributed by atoms with E-state index in [9.17, 15) is 4.79 Å². The molecule has 1 fully saturated rings. The first-order valence-electron chi connectivity index (χ1n) is 11.4. The lowest BCUT2D eigenvalue weighted by molar-refractivity contribution is -0.0760. The summed E-state index contributed by atoms with van der Waals surface area (Å²) < 4.78 is 0. The third-order valence-corrected chi connectivity index (χ3v) is 6.45. The van der Waals surface area contributed by atoms with E-state index in [1.807, 2.05) is 18.2 Å². The van der Waals surface area contributed by atoms with E-state index in [1.165, 1.54) is 30.0 Å². The Morgan fingerprint density at radius 1 is 1.09 bits per heavy atom. The number of piperazine rings is 1. The number of hydroxylamine groups is 2. The van der Waals surface area contributed by atoms with E-state index in [-0.39, 0.29) is 17.6 Å². The lowest BCUT2D eigenvalue weighted by atomic mass is 10.0. The van der Waals surface area contributed by atoms with E-state index >= 15 is 0 Å². The van der Waals surface area contributed by atoms with E-state index in [0.29, 0.717) is 0 Å². The molecule has 4 rings (SSSR count). The van der Waals surface area contributed by atoms with Crippen molar-refractivity contribution in [3.05, 3.63) is 70.8 Å². The van der Waals surface area contributed by atoms with Crippen LogP contribution in [0.25, 0.3) is 0 Å². The van der Waals surface area contributed by atoms with Gasteiger partial charge < -0.3 is 9.80 Å². The van der Waals surface area contributed by atoms with Crippen LogP contribution in [0.3, 0.4) is 0 Å². The first-order valence-corrected chi connectivity index (χ1v) is 11.4. The van der Waals surface area contributed by atoms with Gasteiger partial charge in [0.25, 0.3) is 5.91 Å². The molecule has 0 radical (unpaired) electrons. The Morgan fingerprint density at radius 2 is 1.85 bits per heavy atom. The van der Waals surface area contributed by atoms with Gasteiger partial charge in [0.2, 0.25) is 0 Å². The molecule has 3 aromatic rings. The smallest absolute Gasteiger partial charge is 0.297 e. The number of carbonyl (C=O) groups excluding carboxylic acids is 1. The highest BCUT2D eigenvalue weighted by Crippen LogP contribution is 2.26. The van der Waals surface area contributed by atoms with Gasteiger partial charge in [0, 0.05) is 39.1 Å². The number of aromatic nitrogens is 4. The fraction of sp³-hybridized carbons (Fsp3) is 0.400. The minimum Gasteiger partial charge on any atom is -0.351 e. The Hall–Kier alpha value is -3.59. The third kappa shape index (κ3) is 4.84. The van der Waals surface area contributed by atoms with Gasteiger partial charge in [-0.05, 0) is 37.5 Å². The molecule has 0 N–H and O–H groups in total. The third-order valence-electron chi connectivity index (χ3n) is 6.45. The standard InChI is InChI=1S/C25H31N7O2/c1-17-16-31(11-12-32(17)23-15-26-22(14-27-23)25(33)30(4)34-5)24-19(3)18(2)21(28-29-24)13-20-9-7-6-8-10-20/h6-10,14-15,17H,11-13,16H2,1-5H3. The fourth-order valence-corrected chi connectivity index (χ4v) is 4.21. The van der Waals surface area contributed by atoms with Gasteiger partial charge in [0.1, 0.15) is 11.5 Å². The summed E-state index contributed by atoms with van der Waals surface area (Å²) in [6.45, 7) is 8.78. The molecule has 178 valence electrons. The van der Waals surface area contributed by atoms with Gasteiger partial charge >= 0.3 is 0 Å². The van der Waals surface area contributed by atoms with Crippen LogP contribution < -0.4 is 9.80 Å². The van der Waals surface area contributed by atoms with Gasteiger partial charge in [-0.15, -0.1) is 5.10 Å². The Labute approximate surface area is 200 Å². The number of hydrogen-bond donors (Lipinski definition) is 0. The predicted octanol–water partition coefficient (Wildman–Crippen LogP) is 2.82. The van der Waals surface area contributed by atoms with Crippen molar-refractivity contribution in [2.45, 2.75) is 33.2 Å². The Bertz CT molecular complexity index is 1140. The average Bonchev–Trinajstić information content (AvgIpc) is 2.87. The van der Waals surface area contributed by atoms with Gasteiger partial charge in [0.05, 0.1) is 25.2 Å². The zero-order chi connectivity index (χ0) is 24.2. The zero-order valence-corrected chi connectivity index (χ0v) is 20.4. The number of carbonyl (C=O) groups is 1. The highest BCUT2D eigenvalue weighted by molar-refractivity contribution is 5.91. The maximum Gasteiger partial charge on any atom is 0.297 e. The predicted molar refractivity (Wildman–Crippen MR) is 131 cm³/mol. The van der Waals surface area contributed by atoms with Crippen LogP contribution in [0, 0.1) is 13.8 Å². The van der Waals surface area contributed by atoms with E-state index in [2.05, 4.69) is 62.9 Å². The van der Waals surface area contributed by atoms with Crippen molar-refractivity contribution in [3.8, 4) is 0 Å². The summed E-state index contributed by atoms with van der Waals surface area (Å²) in [7, 11) is 2.98. The molecule has 0 saturated carbocycles. The SMILES string of the molecule is CON(C)C(=O)c1cnc(N2CCN(c3nnc(Cc4ccccc4)c(C)c3C)CC2C)cn1. The highest BCUT2D eigenvalue weighted by Gasteiger charge is 2.28. The lowest BCUT2D eigenvalue weighted by Gasteiger charge is -2.41. The van der Waals surface area contributed by atoms with E-state index < -0.39 is 0 Å². The lowest BCUT2D eigenvalue weighted by Crippen LogP contribution is -2.53. The monoisotopic (exact) mass is 461 g/mol. The number of amides is 1. The van der Waals surface area contributed by atoms with Gasteiger partial charge in [-0.25, -0.2) is 15.0 Å². The van der Waals surface area contributed by atoms with Crippen LogP contribution in [0.15, 0.2) is 42.7 Å². The number of benzene rings is 1. The molecule has 0 aliphatic carbocycles. The Kier molecular flexibility index (Phi) is 7.02. The van der Waals surface area contributed by atoms with Crippen molar-refractivity contribution in [1.82, 2.24) is 25.2 Å². The molecular formula is C25H31N7O2. The highest BCUT2D eigenvalue weighted by atomic mass is 16.7. The molecule has 1 aliphatic rings. The van der Waals surface area contributed by atoms with Gasteiger partial charge in [-0.3, -0.25) is 9.63 Å². The second-order valence-electron chi connectivity index (χ2n) is 8.62. The van der Waals surface area contributed by atoms with E-state index in [1.54, 1.807) is 13.2 Å². The molecule has 34 heavy (non-hydrogen) atoms. The summed E-state index contributed by atoms with van der Waals surface area (Å²) in [5.74, 6) is 1.36. The minimum atomic E-state index is -0.334. The molecule has 1 atom stereocenters. The van der Waals surface area contributed by atoms with Crippen molar-refractivity contribution in [2.24, 2.45) is 0 Å². The molecule has 2 aromatic heterocycles. The van der Waals surface area contributed by atoms with Crippen LogP contribution in [0.4, 0.5) is 11.6 Å². The molecular weight excluding hydrogens is 430 g/mol. The molecule has 1 aromatic carbocycles. The van der Waals surface area contributed by atoms with Crippen molar-refractivity contribution in [2.75, 3.05) is 43.6 Å². The van der Waals surface area contributed by atoms with Crippen LogP contribution >= 0.6 is 0 Å². The maximum atomic E-state index is 12.2. The normalized spacial score (nSPS) is 16.0. The molecule has 3 heterocycles. The molecule has 9 heteroatoms. The van der Waals surface area contributed by atoms with E-state index in [0.717, 1.165) is 48.4 Å². The van der Waals surface area contributed by atoms with Crippen molar-refractivity contribution in [3.63, 3.8) is 0 Å². The Balaban J connectivity index is 1.45. The van der Waals surface area contributed by atoms with Crippen molar-refractivity contribution < 1.29 is 9.63 Å².